The molecule has 0 aliphatic rings. The van der Waals surface area contributed by atoms with Crippen LogP contribution in [0.15, 0.2) is 17.0 Å². The van der Waals surface area contributed by atoms with Gasteiger partial charge in [-0.25, -0.2) is 0 Å². The summed E-state index contributed by atoms with van der Waals surface area (Å²) in [6, 6.07) is 0.305. The van der Waals surface area contributed by atoms with Crippen molar-refractivity contribution >= 4 is 6.72 Å². The number of hydrogen-bond acceptors (Lipinski definition) is 3. The Morgan fingerprint density at radius 3 is 2.17 bits per heavy atom. The molecule has 0 amide bonds. The van der Waals surface area contributed by atoms with Crippen LogP contribution in [-0.2, 0) is 0 Å². The molecular weight excluding hydrogens is 150 g/mol. The van der Waals surface area contributed by atoms with Gasteiger partial charge in [-0.1, -0.05) is 13.8 Å². The van der Waals surface area contributed by atoms with E-state index in [1.54, 1.807) is 5.01 Å². The molecule has 3 heteroatoms. The van der Waals surface area contributed by atoms with E-state index in [1.165, 1.54) is 0 Å². The van der Waals surface area contributed by atoms with E-state index in [1.807, 2.05) is 33.9 Å². The molecule has 0 atom stereocenters. The molecule has 0 radical (unpaired) electrons. The molecule has 0 fully saturated rings. The van der Waals surface area contributed by atoms with Crippen LogP contribution >= 0.6 is 0 Å². The van der Waals surface area contributed by atoms with Crippen LogP contribution in [0.3, 0.4) is 0 Å². The monoisotopic (exact) mass is 169 g/mol. The van der Waals surface area contributed by atoms with Crippen molar-refractivity contribution in [2.75, 3.05) is 0 Å². The minimum Gasteiger partial charge on any atom is -0.401 e. The summed E-state index contributed by atoms with van der Waals surface area (Å²) in [4.78, 5) is 0. The first-order valence-corrected chi connectivity index (χ1v) is 4.21. The normalized spacial score (nSPS) is 12.3. The SMILES string of the molecule is C=NN(/C=C(\N)C(C)C)C(C)C. The summed E-state index contributed by atoms with van der Waals surface area (Å²) in [5, 5.41) is 5.60. The van der Waals surface area contributed by atoms with E-state index < -0.39 is 0 Å². The van der Waals surface area contributed by atoms with Gasteiger partial charge in [0.15, 0.2) is 0 Å². The third-order valence-corrected chi connectivity index (χ3v) is 1.64. The summed E-state index contributed by atoms with van der Waals surface area (Å²) in [7, 11) is 0. The molecule has 0 aromatic heterocycles. The minimum absolute atomic E-state index is 0.305. The molecule has 0 heterocycles. The Labute approximate surface area is 74.9 Å². The molecule has 0 rings (SSSR count). The number of nitrogens with zero attached hydrogens (tertiary/aromatic N) is 2. The third-order valence-electron chi connectivity index (χ3n) is 1.64. The second-order valence-corrected chi connectivity index (χ2v) is 3.40. The summed E-state index contributed by atoms with van der Waals surface area (Å²) in [5.41, 5.74) is 6.59. The smallest absolute Gasteiger partial charge is 0.0463 e. The maximum absolute atomic E-state index is 5.76. The van der Waals surface area contributed by atoms with Gasteiger partial charge in [0, 0.05) is 24.7 Å². The predicted molar refractivity (Wildman–Crippen MR) is 53.6 cm³/mol. The Balaban J connectivity index is 4.35. The standard InChI is InChI=1S/C9H19N3/c1-7(2)9(10)6-12(11-5)8(3)4/h6-8H,5,10H2,1-4H3/b9-6-. The van der Waals surface area contributed by atoms with Gasteiger partial charge in [0.2, 0.25) is 0 Å². The number of hydrazone groups is 1. The Morgan fingerprint density at radius 1 is 1.42 bits per heavy atom. The average molecular weight is 169 g/mol. The van der Waals surface area contributed by atoms with Crippen molar-refractivity contribution in [3.05, 3.63) is 11.9 Å². The highest BCUT2D eigenvalue weighted by Gasteiger charge is 2.04. The van der Waals surface area contributed by atoms with Crippen LogP contribution in [0.4, 0.5) is 0 Å². The van der Waals surface area contributed by atoms with E-state index in [0.29, 0.717) is 12.0 Å². The summed E-state index contributed by atoms with van der Waals surface area (Å²) in [6.45, 7) is 11.6. The summed E-state index contributed by atoms with van der Waals surface area (Å²) < 4.78 is 0. The zero-order valence-electron chi connectivity index (χ0n) is 8.41. The lowest BCUT2D eigenvalue weighted by Crippen LogP contribution is -2.22. The molecule has 0 aliphatic carbocycles. The van der Waals surface area contributed by atoms with Gasteiger partial charge in [-0.3, -0.25) is 5.01 Å². The number of rotatable bonds is 4. The van der Waals surface area contributed by atoms with E-state index in [9.17, 15) is 0 Å². The molecule has 0 aliphatic heterocycles. The van der Waals surface area contributed by atoms with Crippen molar-refractivity contribution in [2.24, 2.45) is 16.8 Å². The lowest BCUT2D eigenvalue weighted by atomic mass is 10.1. The highest BCUT2D eigenvalue weighted by atomic mass is 15.4. The number of allylic oxidation sites excluding steroid dienone is 1. The summed E-state index contributed by atoms with van der Waals surface area (Å²) in [5.74, 6) is 0.355. The maximum atomic E-state index is 5.76. The quantitative estimate of drug-likeness (QED) is 0.514. The first-order valence-electron chi connectivity index (χ1n) is 4.21. The Morgan fingerprint density at radius 2 is 1.92 bits per heavy atom. The fourth-order valence-corrected chi connectivity index (χ4v) is 0.655. The van der Waals surface area contributed by atoms with Crippen molar-refractivity contribution in [1.29, 1.82) is 0 Å². The molecule has 3 nitrogen and oxygen atoms in total. The molecule has 0 aromatic carbocycles. The molecule has 0 saturated heterocycles. The van der Waals surface area contributed by atoms with Crippen LogP contribution in [0, 0.1) is 5.92 Å². The lowest BCUT2D eigenvalue weighted by Gasteiger charge is -2.19. The van der Waals surface area contributed by atoms with Gasteiger partial charge in [-0.05, 0) is 19.8 Å². The van der Waals surface area contributed by atoms with Crippen LogP contribution < -0.4 is 5.73 Å². The summed E-state index contributed by atoms with van der Waals surface area (Å²) in [6.07, 6.45) is 1.84. The molecule has 0 spiro atoms. The van der Waals surface area contributed by atoms with Crippen LogP contribution in [0.5, 0.6) is 0 Å². The average Bonchev–Trinajstić information content (AvgIpc) is 1.98. The van der Waals surface area contributed by atoms with E-state index in [0.717, 1.165) is 5.70 Å². The molecule has 0 aromatic rings. The van der Waals surface area contributed by atoms with Crippen molar-refractivity contribution in [3.63, 3.8) is 0 Å². The molecule has 0 saturated carbocycles. The molecule has 0 bridgehead atoms. The van der Waals surface area contributed by atoms with Gasteiger partial charge in [-0.15, -0.1) is 0 Å². The molecule has 12 heavy (non-hydrogen) atoms. The van der Waals surface area contributed by atoms with Crippen LogP contribution in [0.1, 0.15) is 27.7 Å². The number of hydrogen-bond donors (Lipinski definition) is 1. The molecule has 2 N–H and O–H groups in total. The van der Waals surface area contributed by atoms with Gasteiger partial charge in [0.1, 0.15) is 0 Å². The third kappa shape index (κ3) is 3.42. The van der Waals surface area contributed by atoms with Gasteiger partial charge >= 0.3 is 0 Å². The fourth-order valence-electron chi connectivity index (χ4n) is 0.655. The van der Waals surface area contributed by atoms with Crippen molar-refractivity contribution in [2.45, 2.75) is 33.7 Å². The lowest BCUT2D eigenvalue weighted by molar-refractivity contribution is 0.325. The van der Waals surface area contributed by atoms with Gasteiger partial charge < -0.3 is 5.73 Å². The second kappa shape index (κ2) is 4.80. The van der Waals surface area contributed by atoms with E-state index in [-0.39, 0.29) is 0 Å². The maximum Gasteiger partial charge on any atom is 0.0463 e. The van der Waals surface area contributed by atoms with Crippen molar-refractivity contribution in [1.82, 2.24) is 5.01 Å². The van der Waals surface area contributed by atoms with Gasteiger partial charge in [-0.2, -0.15) is 5.10 Å². The Hall–Kier alpha value is -0.990. The Bertz CT molecular complexity index is 171. The number of nitrogens with two attached hydrogens (primary N) is 1. The van der Waals surface area contributed by atoms with Crippen LogP contribution in [-0.4, -0.2) is 17.8 Å². The molecule has 70 valence electrons. The zero-order chi connectivity index (χ0) is 9.72. The van der Waals surface area contributed by atoms with Crippen LogP contribution in [0.2, 0.25) is 0 Å². The van der Waals surface area contributed by atoms with Crippen molar-refractivity contribution in [3.8, 4) is 0 Å². The second-order valence-electron chi connectivity index (χ2n) is 3.40. The van der Waals surface area contributed by atoms with E-state index in [2.05, 4.69) is 11.8 Å². The molecular formula is C9H19N3. The largest absolute Gasteiger partial charge is 0.401 e. The Kier molecular flexibility index (Phi) is 4.40. The first kappa shape index (κ1) is 11.0. The van der Waals surface area contributed by atoms with E-state index in [4.69, 9.17) is 5.73 Å². The predicted octanol–water partition coefficient (Wildman–Crippen LogP) is 1.77. The minimum atomic E-state index is 0.305. The van der Waals surface area contributed by atoms with Crippen molar-refractivity contribution < 1.29 is 0 Å². The van der Waals surface area contributed by atoms with Gasteiger partial charge in [0.05, 0.1) is 0 Å². The van der Waals surface area contributed by atoms with E-state index >= 15 is 0 Å². The van der Waals surface area contributed by atoms with Gasteiger partial charge in [0.25, 0.3) is 0 Å². The summed E-state index contributed by atoms with van der Waals surface area (Å²) >= 11 is 0. The van der Waals surface area contributed by atoms with Crippen LogP contribution in [0.25, 0.3) is 0 Å². The highest BCUT2D eigenvalue weighted by Crippen LogP contribution is 2.06. The zero-order valence-corrected chi connectivity index (χ0v) is 8.41. The fraction of sp³-hybridized carbons (Fsp3) is 0.667. The highest BCUT2D eigenvalue weighted by molar-refractivity contribution is 5.23. The molecule has 0 unspecified atom stereocenters. The first-order chi connectivity index (χ1) is 5.49. The topological polar surface area (TPSA) is 41.6 Å².